The van der Waals surface area contributed by atoms with Crippen LogP contribution in [0.2, 0.25) is 0 Å². The third-order valence-electron chi connectivity index (χ3n) is 6.88. The molecule has 0 spiro atoms. The maximum Gasteiger partial charge on any atom is 0.268 e. The minimum atomic E-state index is -0.759. The Morgan fingerprint density at radius 3 is 2.55 bits per heavy atom. The maximum atomic E-state index is 13.2. The summed E-state index contributed by atoms with van der Waals surface area (Å²) in [6.45, 7) is 0.591. The number of aromatic nitrogens is 1. The average molecular weight is 453 g/mol. The monoisotopic (exact) mass is 452 g/mol. The maximum absolute atomic E-state index is 13.2. The van der Waals surface area contributed by atoms with Crippen molar-refractivity contribution in [2.75, 3.05) is 6.54 Å². The van der Waals surface area contributed by atoms with Gasteiger partial charge in [-0.25, -0.2) is 0 Å². The second-order valence-corrected chi connectivity index (χ2v) is 9.30. The van der Waals surface area contributed by atoms with Gasteiger partial charge in [-0.2, -0.15) is 0 Å². The molecule has 1 aromatic carbocycles. The molecular weight excluding hydrogens is 420 g/mol. The van der Waals surface area contributed by atoms with Gasteiger partial charge >= 0.3 is 0 Å². The van der Waals surface area contributed by atoms with Crippen molar-refractivity contribution in [3.05, 3.63) is 36.0 Å². The Balaban J connectivity index is 1.45. The van der Waals surface area contributed by atoms with Gasteiger partial charge in [0.15, 0.2) is 0 Å². The summed E-state index contributed by atoms with van der Waals surface area (Å²) in [7, 11) is 0. The molecule has 2 aromatic rings. The van der Waals surface area contributed by atoms with Gasteiger partial charge in [0.1, 0.15) is 18.0 Å². The number of carbonyl (C=O) groups is 4. The first-order chi connectivity index (χ1) is 16.0. The molecule has 1 saturated carbocycles. The van der Waals surface area contributed by atoms with Gasteiger partial charge in [0.25, 0.3) is 5.91 Å². The van der Waals surface area contributed by atoms with Crippen molar-refractivity contribution in [3.63, 3.8) is 0 Å². The molecular formula is C25H32N4O4. The number of hydrogen-bond donors (Lipinski definition) is 4. The van der Waals surface area contributed by atoms with Crippen LogP contribution in [0.25, 0.3) is 10.9 Å². The third-order valence-corrected chi connectivity index (χ3v) is 6.88. The average Bonchev–Trinajstić information content (AvgIpc) is 3.44. The van der Waals surface area contributed by atoms with Crippen LogP contribution in [-0.2, 0) is 14.4 Å². The van der Waals surface area contributed by atoms with Crippen LogP contribution in [0, 0.1) is 11.8 Å². The van der Waals surface area contributed by atoms with Gasteiger partial charge in [-0.05, 0) is 37.3 Å². The van der Waals surface area contributed by atoms with Crippen LogP contribution in [0.1, 0.15) is 61.9 Å². The first-order valence-electron chi connectivity index (χ1n) is 12.0. The number of aldehydes is 1. The van der Waals surface area contributed by atoms with Crippen LogP contribution >= 0.6 is 0 Å². The molecule has 3 atom stereocenters. The van der Waals surface area contributed by atoms with E-state index >= 15 is 0 Å². The summed E-state index contributed by atoms with van der Waals surface area (Å²) >= 11 is 0. The second kappa shape index (κ2) is 10.6. The van der Waals surface area contributed by atoms with Crippen molar-refractivity contribution < 1.29 is 19.2 Å². The van der Waals surface area contributed by atoms with E-state index in [1.807, 2.05) is 24.3 Å². The molecule has 33 heavy (non-hydrogen) atoms. The Kier molecular flexibility index (Phi) is 7.42. The Morgan fingerprint density at radius 2 is 1.85 bits per heavy atom. The number of benzene rings is 1. The summed E-state index contributed by atoms with van der Waals surface area (Å²) in [5.41, 5.74) is 1.25. The number of amides is 3. The summed E-state index contributed by atoms with van der Waals surface area (Å²) in [6.07, 6.45) is 7.66. The van der Waals surface area contributed by atoms with E-state index in [4.69, 9.17) is 0 Å². The van der Waals surface area contributed by atoms with E-state index < -0.39 is 12.1 Å². The van der Waals surface area contributed by atoms with Crippen LogP contribution in [0.4, 0.5) is 0 Å². The van der Waals surface area contributed by atoms with E-state index in [0.29, 0.717) is 37.3 Å². The van der Waals surface area contributed by atoms with Crippen LogP contribution in [0.3, 0.4) is 0 Å². The van der Waals surface area contributed by atoms with Crippen molar-refractivity contribution in [1.29, 1.82) is 0 Å². The Bertz CT molecular complexity index is 978. The Morgan fingerprint density at radius 1 is 1.06 bits per heavy atom. The summed E-state index contributed by atoms with van der Waals surface area (Å²) < 4.78 is 0. The lowest BCUT2D eigenvalue weighted by Crippen LogP contribution is -2.51. The smallest absolute Gasteiger partial charge is 0.268 e. The van der Waals surface area contributed by atoms with E-state index in [1.54, 1.807) is 6.07 Å². The first kappa shape index (κ1) is 23.0. The molecule has 2 fully saturated rings. The fraction of sp³-hybridized carbons (Fsp3) is 0.520. The predicted octanol–water partition coefficient (Wildman–Crippen LogP) is 2.45. The van der Waals surface area contributed by atoms with Crippen LogP contribution in [0.5, 0.6) is 0 Å². The van der Waals surface area contributed by atoms with E-state index in [-0.39, 0.29) is 30.1 Å². The van der Waals surface area contributed by atoms with Gasteiger partial charge in [0, 0.05) is 23.4 Å². The number of para-hydroxylation sites is 1. The van der Waals surface area contributed by atoms with E-state index in [0.717, 1.165) is 36.6 Å². The van der Waals surface area contributed by atoms with E-state index in [2.05, 4.69) is 20.9 Å². The highest BCUT2D eigenvalue weighted by molar-refractivity contribution is 6.00. The van der Waals surface area contributed by atoms with Crippen molar-refractivity contribution in [2.45, 2.75) is 63.5 Å². The van der Waals surface area contributed by atoms with E-state index in [9.17, 15) is 19.2 Å². The normalized spacial score (nSPS) is 20.7. The molecule has 8 heteroatoms. The summed E-state index contributed by atoms with van der Waals surface area (Å²) in [6, 6.07) is 7.88. The largest absolute Gasteiger partial charge is 0.356 e. The number of carbonyl (C=O) groups excluding carboxylic acids is 4. The van der Waals surface area contributed by atoms with Crippen LogP contribution < -0.4 is 16.0 Å². The molecule has 0 bridgehead atoms. The Labute approximate surface area is 193 Å². The SMILES string of the molecule is O=CC(CC1CCNC1=O)NC(=O)C(CC1CCCCC1)NC(=O)c1cc2ccccc2[nH]1. The first-order valence-corrected chi connectivity index (χ1v) is 12.0. The van der Waals surface area contributed by atoms with Crippen molar-refractivity contribution in [3.8, 4) is 0 Å². The fourth-order valence-corrected chi connectivity index (χ4v) is 5.03. The highest BCUT2D eigenvalue weighted by Crippen LogP contribution is 2.28. The minimum absolute atomic E-state index is 0.0815. The van der Waals surface area contributed by atoms with Gasteiger partial charge in [-0.15, -0.1) is 0 Å². The number of rotatable bonds is 9. The lowest BCUT2D eigenvalue weighted by Gasteiger charge is -2.27. The van der Waals surface area contributed by atoms with Crippen molar-refractivity contribution in [1.82, 2.24) is 20.9 Å². The second-order valence-electron chi connectivity index (χ2n) is 9.30. The van der Waals surface area contributed by atoms with E-state index in [1.165, 1.54) is 6.42 Å². The molecule has 3 amide bonds. The zero-order valence-electron chi connectivity index (χ0n) is 18.8. The van der Waals surface area contributed by atoms with Gasteiger partial charge in [-0.1, -0.05) is 50.3 Å². The highest BCUT2D eigenvalue weighted by atomic mass is 16.2. The molecule has 2 heterocycles. The number of nitrogens with one attached hydrogen (secondary N) is 4. The highest BCUT2D eigenvalue weighted by Gasteiger charge is 2.31. The molecule has 1 aromatic heterocycles. The topological polar surface area (TPSA) is 120 Å². The lowest BCUT2D eigenvalue weighted by atomic mass is 9.84. The molecule has 4 rings (SSSR count). The molecule has 0 radical (unpaired) electrons. The summed E-state index contributed by atoms with van der Waals surface area (Å²) in [4.78, 5) is 52.8. The molecule has 8 nitrogen and oxygen atoms in total. The van der Waals surface area contributed by atoms with Gasteiger partial charge in [0.05, 0.1) is 6.04 Å². The molecule has 176 valence electrons. The number of H-pyrrole nitrogens is 1. The quantitative estimate of drug-likeness (QED) is 0.437. The molecule has 1 aliphatic carbocycles. The van der Waals surface area contributed by atoms with Crippen LogP contribution in [0.15, 0.2) is 30.3 Å². The van der Waals surface area contributed by atoms with Gasteiger partial charge in [0.2, 0.25) is 11.8 Å². The molecule has 3 unspecified atom stereocenters. The lowest BCUT2D eigenvalue weighted by molar-refractivity contribution is -0.127. The fourth-order valence-electron chi connectivity index (χ4n) is 5.03. The summed E-state index contributed by atoms with van der Waals surface area (Å²) in [5, 5.41) is 9.35. The van der Waals surface area contributed by atoms with Crippen molar-refractivity contribution in [2.24, 2.45) is 11.8 Å². The molecule has 4 N–H and O–H groups in total. The Hall–Kier alpha value is -3.16. The zero-order valence-corrected chi connectivity index (χ0v) is 18.8. The molecule has 1 aliphatic heterocycles. The molecule has 2 aliphatic rings. The minimum Gasteiger partial charge on any atom is -0.356 e. The van der Waals surface area contributed by atoms with Gasteiger partial charge < -0.3 is 25.7 Å². The molecule has 1 saturated heterocycles. The predicted molar refractivity (Wildman–Crippen MR) is 124 cm³/mol. The zero-order chi connectivity index (χ0) is 23.2. The third kappa shape index (κ3) is 5.80. The number of aromatic amines is 1. The standard InChI is InChI=1S/C25H32N4O4/c30-15-19(13-18-10-11-26-23(18)31)27-24(32)21(12-16-6-2-1-3-7-16)29-25(33)22-14-17-8-4-5-9-20(17)28-22/h4-5,8-9,14-16,18-19,21,28H,1-3,6-7,10-13H2,(H,26,31)(H,27,32)(H,29,33). The van der Waals surface area contributed by atoms with Gasteiger partial charge in [-0.3, -0.25) is 14.4 Å². The summed E-state index contributed by atoms with van der Waals surface area (Å²) in [5.74, 6) is -0.728. The number of hydrogen-bond acceptors (Lipinski definition) is 4. The van der Waals surface area contributed by atoms with Crippen molar-refractivity contribution >= 4 is 34.9 Å². The number of fused-ring (bicyclic) bond motifs is 1. The van der Waals surface area contributed by atoms with Crippen LogP contribution in [-0.4, -0.2) is 47.6 Å².